The number of aromatic nitrogens is 2. The molecule has 1 aliphatic rings. The number of likely N-dealkylation sites (tertiary alicyclic amines) is 1. The molecule has 0 radical (unpaired) electrons. The number of likely N-dealkylation sites (N-methyl/N-ethyl adjacent to an activating group) is 1. The SMILES string of the molecule is CN1CCCCC1Cn1c(CCl)nc2c(F)cc(F)cc21. The minimum atomic E-state index is -0.632. The second-order valence-corrected chi connectivity index (χ2v) is 5.93. The van der Waals surface area contributed by atoms with Gasteiger partial charge in [0.15, 0.2) is 5.82 Å². The van der Waals surface area contributed by atoms with Crippen LogP contribution in [0.4, 0.5) is 8.78 Å². The van der Waals surface area contributed by atoms with Crippen LogP contribution in [-0.2, 0) is 12.4 Å². The molecule has 114 valence electrons. The Morgan fingerprint density at radius 3 is 2.86 bits per heavy atom. The Labute approximate surface area is 127 Å². The lowest BCUT2D eigenvalue weighted by Gasteiger charge is -2.33. The van der Waals surface area contributed by atoms with Crippen LogP contribution in [0.5, 0.6) is 0 Å². The molecule has 1 fully saturated rings. The maximum Gasteiger partial charge on any atom is 0.153 e. The van der Waals surface area contributed by atoms with Gasteiger partial charge in [-0.3, -0.25) is 0 Å². The van der Waals surface area contributed by atoms with Crippen molar-refractivity contribution >= 4 is 22.6 Å². The quantitative estimate of drug-likeness (QED) is 0.808. The number of alkyl halides is 1. The molecule has 1 aromatic heterocycles. The average molecular weight is 314 g/mol. The Balaban J connectivity index is 2.03. The van der Waals surface area contributed by atoms with Crippen LogP contribution in [-0.4, -0.2) is 34.1 Å². The zero-order valence-corrected chi connectivity index (χ0v) is 12.7. The van der Waals surface area contributed by atoms with E-state index in [-0.39, 0.29) is 11.4 Å². The fraction of sp³-hybridized carbons (Fsp3) is 0.533. The lowest BCUT2D eigenvalue weighted by Crippen LogP contribution is -2.39. The first kappa shape index (κ1) is 14.7. The molecule has 0 bridgehead atoms. The largest absolute Gasteiger partial charge is 0.325 e. The molecule has 6 heteroatoms. The molecule has 1 saturated heterocycles. The van der Waals surface area contributed by atoms with Crippen LogP contribution in [0.2, 0.25) is 0 Å². The molecule has 0 N–H and O–H groups in total. The molecule has 0 aliphatic carbocycles. The van der Waals surface area contributed by atoms with E-state index in [0.29, 0.717) is 23.9 Å². The van der Waals surface area contributed by atoms with E-state index in [9.17, 15) is 8.78 Å². The molecule has 2 aromatic rings. The molecular weight excluding hydrogens is 296 g/mol. The minimum Gasteiger partial charge on any atom is -0.325 e. The summed E-state index contributed by atoms with van der Waals surface area (Å²) in [4.78, 5) is 6.53. The average Bonchev–Trinajstić information content (AvgIpc) is 2.80. The van der Waals surface area contributed by atoms with Gasteiger partial charge in [-0.25, -0.2) is 13.8 Å². The predicted molar refractivity (Wildman–Crippen MR) is 79.5 cm³/mol. The monoisotopic (exact) mass is 313 g/mol. The minimum absolute atomic E-state index is 0.187. The molecule has 2 heterocycles. The van der Waals surface area contributed by atoms with Crippen LogP contribution >= 0.6 is 11.6 Å². The first-order chi connectivity index (χ1) is 10.1. The van der Waals surface area contributed by atoms with Crippen molar-refractivity contribution in [3.05, 3.63) is 29.6 Å². The Morgan fingerprint density at radius 2 is 2.14 bits per heavy atom. The van der Waals surface area contributed by atoms with Gasteiger partial charge in [-0.15, -0.1) is 11.6 Å². The highest BCUT2D eigenvalue weighted by molar-refractivity contribution is 6.16. The number of hydrogen-bond donors (Lipinski definition) is 0. The Kier molecular flexibility index (Phi) is 4.13. The highest BCUT2D eigenvalue weighted by Crippen LogP contribution is 2.25. The van der Waals surface area contributed by atoms with E-state index in [1.807, 2.05) is 4.57 Å². The van der Waals surface area contributed by atoms with Crippen molar-refractivity contribution in [1.29, 1.82) is 0 Å². The van der Waals surface area contributed by atoms with Gasteiger partial charge >= 0.3 is 0 Å². The van der Waals surface area contributed by atoms with Crippen LogP contribution in [0.25, 0.3) is 11.0 Å². The molecule has 3 nitrogen and oxygen atoms in total. The highest BCUT2D eigenvalue weighted by Gasteiger charge is 2.22. The third-order valence-electron chi connectivity index (χ3n) is 4.29. The first-order valence-corrected chi connectivity index (χ1v) is 7.74. The Bertz CT molecular complexity index is 656. The third-order valence-corrected chi connectivity index (χ3v) is 4.52. The number of halogens is 3. The summed E-state index contributed by atoms with van der Waals surface area (Å²) in [5.41, 5.74) is 0.688. The van der Waals surface area contributed by atoms with Gasteiger partial charge in [-0.05, 0) is 32.5 Å². The molecule has 1 aliphatic heterocycles. The van der Waals surface area contributed by atoms with Crippen molar-refractivity contribution in [2.24, 2.45) is 0 Å². The number of rotatable bonds is 3. The fourth-order valence-electron chi connectivity index (χ4n) is 3.09. The molecule has 1 aromatic carbocycles. The van der Waals surface area contributed by atoms with E-state index >= 15 is 0 Å². The van der Waals surface area contributed by atoms with Crippen molar-refractivity contribution in [3.8, 4) is 0 Å². The summed E-state index contributed by atoms with van der Waals surface area (Å²) in [6.45, 7) is 1.72. The first-order valence-electron chi connectivity index (χ1n) is 7.20. The van der Waals surface area contributed by atoms with E-state index in [1.165, 1.54) is 18.9 Å². The number of fused-ring (bicyclic) bond motifs is 1. The molecule has 0 amide bonds. The van der Waals surface area contributed by atoms with Crippen molar-refractivity contribution in [1.82, 2.24) is 14.5 Å². The van der Waals surface area contributed by atoms with E-state index in [0.717, 1.165) is 19.0 Å². The summed E-state index contributed by atoms with van der Waals surface area (Å²) in [6, 6.07) is 2.55. The Morgan fingerprint density at radius 1 is 1.33 bits per heavy atom. The summed E-state index contributed by atoms with van der Waals surface area (Å²) < 4.78 is 29.2. The van der Waals surface area contributed by atoms with Crippen LogP contribution in [0.15, 0.2) is 12.1 Å². The summed E-state index contributed by atoms with van der Waals surface area (Å²) in [6.07, 6.45) is 3.46. The van der Waals surface area contributed by atoms with Gasteiger partial charge in [-0.1, -0.05) is 6.42 Å². The highest BCUT2D eigenvalue weighted by atomic mass is 35.5. The lowest BCUT2D eigenvalue weighted by atomic mass is 10.0. The number of hydrogen-bond acceptors (Lipinski definition) is 2. The smallest absolute Gasteiger partial charge is 0.153 e. The third kappa shape index (κ3) is 2.77. The van der Waals surface area contributed by atoms with Gasteiger partial charge in [0.25, 0.3) is 0 Å². The maximum absolute atomic E-state index is 13.9. The van der Waals surface area contributed by atoms with Crippen molar-refractivity contribution < 1.29 is 8.78 Å². The van der Waals surface area contributed by atoms with Crippen LogP contribution < -0.4 is 0 Å². The van der Waals surface area contributed by atoms with Gasteiger partial charge in [0, 0.05) is 18.7 Å². The molecule has 0 spiro atoms. The Hall–Kier alpha value is -1.20. The van der Waals surface area contributed by atoms with Crippen LogP contribution in [0, 0.1) is 11.6 Å². The molecular formula is C15H18ClF2N3. The summed E-state index contributed by atoms with van der Waals surface area (Å²) in [5.74, 6) is -0.437. The maximum atomic E-state index is 13.9. The summed E-state index contributed by atoms with van der Waals surface area (Å²) in [5, 5.41) is 0. The second kappa shape index (κ2) is 5.89. The van der Waals surface area contributed by atoms with E-state index in [4.69, 9.17) is 11.6 Å². The fourth-order valence-corrected chi connectivity index (χ4v) is 3.29. The number of piperidine rings is 1. The number of imidazole rings is 1. The predicted octanol–water partition coefficient (Wildman–Crippen LogP) is 3.54. The summed E-state index contributed by atoms with van der Waals surface area (Å²) in [7, 11) is 2.09. The van der Waals surface area contributed by atoms with Crippen molar-refractivity contribution in [2.45, 2.75) is 37.7 Å². The van der Waals surface area contributed by atoms with Gasteiger partial charge in [0.05, 0.1) is 11.4 Å². The molecule has 0 saturated carbocycles. The standard InChI is InChI=1S/C15H18ClF2N3/c1-20-5-3-2-4-11(20)9-21-13-7-10(17)6-12(18)15(13)19-14(21)8-16/h6-7,11H,2-5,8-9H2,1H3. The van der Waals surface area contributed by atoms with E-state index in [1.54, 1.807) is 0 Å². The van der Waals surface area contributed by atoms with E-state index in [2.05, 4.69) is 16.9 Å². The molecule has 1 unspecified atom stereocenters. The van der Waals surface area contributed by atoms with Gasteiger partial charge < -0.3 is 9.47 Å². The normalized spacial score (nSPS) is 20.3. The van der Waals surface area contributed by atoms with Gasteiger partial charge in [0.2, 0.25) is 0 Å². The zero-order valence-electron chi connectivity index (χ0n) is 12.0. The molecule has 21 heavy (non-hydrogen) atoms. The molecule has 1 atom stereocenters. The second-order valence-electron chi connectivity index (χ2n) is 5.66. The number of benzene rings is 1. The van der Waals surface area contributed by atoms with Gasteiger partial charge in [-0.2, -0.15) is 0 Å². The van der Waals surface area contributed by atoms with E-state index < -0.39 is 11.6 Å². The number of nitrogens with zero attached hydrogens (tertiary/aromatic N) is 3. The summed E-state index contributed by atoms with van der Waals surface area (Å²) >= 11 is 5.94. The van der Waals surface area contributed by atoms with Crippen molar-refractivity contribution in [3.63, 3.8) is 0 Å². The van der Waals surface area contributed by atoms with Crippen molar-refractivity contribution in [2.75, 3.05) is 13.6 Å². The van der Waals surface area contributed by atoms with Crippen LogP contribution in [0.1, 0.15) is 25.1 Å². The topological polar surface area (TPSA) is 21.1 Å². The van der Waals surface area contributed by atoms with Gasteiger partial charge in [0.1, 0.15) is 17.2 Å². The zero-order chi connectivity index (χ0) is 15.0. The molecule has 3 rings (SSSR count). The van der Waals surface area contributed by atoms with Crippen LogP contribution in [0.3, 0.4) is 0 Å². The lowest BCUT2D eigenvalue weighted by molar-refractivity contribution is 0.168.